The highest BCUT2D eigenvalue weighted by atomic mass is 19.1. The number of nitrogens with zero attached hydrogens (tertiary/aromatic N) is 3. The Labute approximate surface area is 199 Å². The molecular formula is C25H23FN4O5. The van der Waals surface area contributed by atoms with Crippen molar-refractivity contribution in [3.8, 4) is 11.5 Å². The quantitative estimate of drug-likeness (QED) is 0.466. The van der Waals surface area contributed by atoms with Gasteiger partial charge in [0.2, 0.25) is 5.82 Å². The molecule has 0 unspecified atom stereocenters. The third-order valence-electron chi connectivity index (χ3n) is 7.13. The first-order valence-corrected chi connectivity index (χ1v) is 11.3. The van der Waals surface area contributed by atoms with Crippen LogP contribution in [0.2, 0.25) is 0 Å². The van der Waals surface area contributed by atoms with Gasteiger partial charge in [-0.1, -0.05) is 0 Å². The molecule has 2 aliphatic heterocycles. The van der Waals surface area contributed by atoms with Crippen molar-refractivity contribution in [1.82, 2.24) is 19.8 Å². The number of halogens is 1. The lowest BCUT2D eigenvalue weighted by atomic mass is 9.81. The van der Waals surface area contributed by atoms with Crippen LogP contribution in [0.4, 0.5) is 4.39 Å². The van der Waals surface area contributed by atoms with Crippen LogP contribution >= 0.6 is 0 Å². The molecule has 3 fully saturated rings. The molecule has 2 saturated heterocycles. The van der Waals surface area contributed by atoms with Gasteiger partial charge in [0.15, 0.2) is 17.1 Å². The zero-order chi connectivity index (χ0) is 24.6. The van der Waals surface area contributed by atoms with Crippen LogP contribution in [0.1, 0.15) is 44.9 Å². The maximum absolute atomic E-state index is 15.4. The van der Waals surface area contributed by atoms with E-state index < -0.39 is 11.4 Å². The number of hydrogen-bond acceptors (Lipinski definition) is 6. The van der Waals surface area contributed by atoms with Crippen molar-refractivity contribution in [3.63, 3.8) is 0 Å². The normalized spacial score (nSPS) is 20.9. The van der Waals surface area contributed by atoms with Crippen molar-refractivity contribution in [2.45, 2.75) is 38.3 Å². The van der Waals surface area contributed by atoms with Crippen molar-refractivity contribution >= 4 is 28.3 Å². The van der Waals surface area contributed by atoms with E-state index in [1.165, 1.54) is 23.8 Å². The van der Waals surface area contributed by atoms with Crippen molar-refractivity contribution in [2.75, 3.05) is 13.6 Å². The summed E-state index contributed by atoms with van der Waals surface area (Å²) in [5, 5.41) is 17.5. The lowest BCUT2D eigenvalue weighted by Gasteiger charge is -2.31. The van der Waals surface area contributed by atoms with Gasteiger partial charge in [-0.25, -0.2) is 4.52 Å². The molecule has 5 heterocycles. The number of carbonyl (C=O) groups is 2. The average molecular weight is 478 g/mol. The summed E-state index contributed by atoms with van der Waals surface area (Å²) in [7, 11) is 1.50. The monoisotopic (exact) mass is 478 g/mol. The fourth-order valence-corrected chi connectivity index (χ4v) is 5.36. The number of hydrogen-bond donors (Lipinski definition) is 2. The summed E-state index contributed by atoms with van der Waals surface area (Å²) in [6.07, 6.45) is 4.34. The summed E-state index contributed by atoms with van der Waals surface area (Å²) >= 11 is 0. The maximum Gasteiger partial charge on any atom is 0.256 e. The van der Waals surface area contributed by atoms with Gasteiger partial charge in [-0.05, 0) is 44.4 Å². The second-order valence-corrected chi connectivity index (χ2v) is 9.34. The van der Waals surface area contributed by atoms with E-state index >= 15 is 4.39 Å². The standard InChI is InChI=1S/C25H23FN4O5/c1-12-16(24(32)29-11-25(33)8-14(29)9-25)10-30-21(12)18(6-7-28-30)35-17-5-4-15-19(23(31)27-3)13(2)34-22(15)20(17)26/h4-7,10,14,33H,8-9,11H2,1-3H3,(H,27,31). The van der Waals surface area contributed by atoms with Crippen molar-refractivity contribution in [3.05, 3.63) is 58.9 Å². The number of aryl methyl sites for hydroxylation is 2. The molecule has 2 amide bonds. The lowest BCUT2D eigenvalue weighted by molar-refractivity contribution is 0.00705. The number of carbonyl (C=O) groups excluding carboxylic acids is 2. The van der Waals surface area contributed by atoms with E-state index in [1.54, 1.807) is 37.1 Å². The molecule has 4 aromatic rings. The molecule has 10 heteroatoms. The molecule has 1 saturated carbocycles. The van der Waals surface area contributed by atoms with Gasteiger partial charge in [0, 0.05) is 30.7 Å². The molecule has 9 nitrogen and oxygen atoms in total. The number of nitrogens with one attached hydrogen (secondary N) is 1. The van der Waals surface area contributed by atoms with Crippen LogP contribution in [0.25, 0.3) is 16.5 Å². The fraction of sp³-hybridized carbons (Fsp3) is 0.320. The molecule has 0 spiro atoms. The Bertz CT molecular complexity index is 1550. The summed E-state index contributed by atoms with van der Waals surface area (Å²) in [5.41, 5.74) is 1.07. The van der Waals surface area contributed by atoms with Crippen molar-refractivity contribution < 1.29 is 28.2 Å². The number of fused-ring (bicyclic) bond motifs is 3. The van der Waals surface area contributed by atoms with E-state index in [2.05, 4.69) is 10.4 Å². The number of benzene rings is 1. The number of rotatable bonds is 4. The Morgan fingerprint density at radius 2 is 2.03 bits per heavy atom. The summed E-state index contributed by atoms with van der Waals surface area (Å²) in [6.45, 7) is 3.71. The molecule has 0 atom stereocenters. The maximum atomic E-state index is 15.4. The van der Waals surface area contributed by atoms with Crippen LogP contribution < -0.4 is 10.1 Å². The van der Waals surface area contributed by atoms with E-state index in [-0.39, 0.29) is 34.8 Å². The molecule has 2 bridgehead atoms. The van der Waals surface area contributed by atoms with Gasteiger partial charge in [-0.3, -0.25) is 9.59 Å². The van der Waals surface area contributed by atoms with Crippen LogP contribution in [0.15, 0.2) is 35.0 Å². The highest BCUT2D eigenvalue weighted by molar-refractivity contribution is 6.07. The first-order valence-electron chi connectivity index (χ1n) is 11.3. The van der Waals surface area contributed by atoms with E-state index in [0.29, 0.717) is 52.9 Å². The number of amides is 2. The number of furan rings is 1. The van der Waals surface area contributed by atoms with Gasteiger partial charge < -0.3 is 24.5 Å². The molecule has 0 radical (unpaired) electrons. The Kier molecular flexibility index (Phi) is 4.50. The summed E-state index contributed by atoms with van der Waals surface area (Å²) in [4.78, 5) is 27.1. The summed E-state index contributed by atoms with van der Waals surface area (Å²) in [6, 6.07) is 4.67. The van der Waals surface area contributed by atoms with Gasteiger partial charge >= 0.3 is 0 Å². The Morgan fingerprint density at radius 1 is 1.26 bits per heavy atom. The molecule has 7 rings (SSSR count). The molecule has 2 N–H and O–H groups in total. The fourth-order valence-electron chi connectivity index (χ4n) is 5.36. The van der Waals surface area contributed by atoms with Gasteiger partial charge in [0.1, 0.15) is 11.3 Å². The van der Waals surface area contributed by atoms with Crippen molar-refractivity contribution in [2.24, 2.45) is 0 Å². The van der Waals surface area contributed by atoms with Gasteiger partial charge in [0.05, 0.1) is 29.5 Å². The first kappa shape index (κ1) is 21.6. The molecular weight excluding hydrogens is 455 g/mol. The number of aromatic nitrogens is 2. The lowest BCUT2D eigenvalue weighted by Crippen LogP contribution is -2.40. The van der Waals surface area contributed by atoms with Crippen LogP contribution in [0, 0.1) is 19.7 Å². The third-order valence-corrected chi connectivity index (χ3v) is 7.13. The zero-order valence-corrected chi connectivity index (χ0v) is 19.4. The average Bonchev–Trinajstić information content (AvgIpc) is 3.53. The van der Waals surface area contributed by atoms with Crippen LogP contribution in [-0.4, -0.2) is 56.7 Å². The van der Waals surface area contributed by atoms with Gasteiger partial charge in [-0.2, -0.15) is 9.49 Å². The minimum Gasteiger partial charge on any atom is -0.457 e. The topological polar surface area (TPSA) is 109 Å². The molecule has 35 heavy (non-hydrogen) atoms. The second kappa shape index (κ2) is 7.29. The highest BCUT2D eigenvalue weighted by Crippen LogP contribution is 2.45. The minimum atomic E-state index is -0.766. The zero-order valence-electron chi connectivity index (χ0n) is 19.4. The first-order chi connectivity index (χ1) is 16.7. The summed E-state index contributed by atoms with van der Waals surface area (Å²) < 4.78 is 28.4. The summed E-state index contributed by atoms with van der Waals surface area (Å²) in [5.74, 6) is -0.738. The molecule has 1 aliphatic carbocycles. The minimum absolute atomic E-state index is 0.0517. The largest absolute Gasteiger partial charge is 0.457 e. The Morgan fingerprint density at radius 3 is 2.71 bits per heavy atom. The second-order valence-electron chi connectivity index (χ2n) is 9.34. The molecule has 1 aromatic carbocycles. The SMILES string of the molecule is CNC(=O)c1c(C)oc2c(F)c(Oc3ccnn4cc(C(=O)N5CC6(O)CC5C6)c(C)c34)ccc12. The molecule has 180 valence electrons. The molecule has 3 aliphatic rings. The Hall–Kier alpha value is -3.92. The van der Waals surface area contributed by atoms with E-state index in [0.717, 1.165) is 0 Å². The van der Waals surface area contributed by atoms with Crippen LogP contribution in [0.3, 0.4) is 0 Å². The smallest absolute Gasteiger partial charge is 0.256 e. The third kappa shape index (κ3) is 3.06. The highest BCUT2D eigenvalue weighted by Gasteiger charge is 2.56. The van der Waals surface area contributed by atoms with Gasteiger partial charge in [-0.15, -0.1) is 0 Å². The van der Waals surface area contributed by atoms with Crippen LogP contribution in [-0.2, 0) is 0 Å². The van der Waals surface area contributed by atoms with E-state index in [9.17, 15) is 14.7 Å². The van der Waals surface area contributed by atoms with E-state index in [1.807, 2.05) is 0 Å². The van der Waals surface area contributed by atoms with Crippen molar-refractivity contribution in [1.29, 1.82) is 0 Å². The Balaban J connectivity index is 1.38. The molecule has 3 aromatic heterocycles. The van der Waals surface area contributed by atoms with Gasteiger partial charge in [0.25, 0.3) is 11.8 Å². The van der Waals surface area contributed by atoms with E-state index in [4.69, 9.17) is 9.15 Å². The number of aliphatic hydroxyl groups is 1. The predicted octanol–water partition coefficient (Wildman–Crippen LogP) is 3.34. The van der Waals surface area contributed by atoms with Crippen LogP contribution in [0.5, 0.6) is 11.5 Å². The predicted molar refractivity (Wildman–Crippen MR) is 123 cm³/mol. The number of ether oxygens (including phenoxy) is 1.